The first kappa shape index (κ1) is 14.6. The third-order valence-electron chi connectivity index (χ3n) is 5.06. The highest BCUT2D eigenvalue weighted by Gasteiger charge is 2.40. The summed E-state index contributed by atoms with van der Waals surface area (Å²) in [4.78, 5) is 14.1. The molecular weight excluding hydrogens is 310 g/mol. The number of hydrogen-bond acceptors (Lipinski definition) is 2. The van der Waals surface area contributed by atoms with E-state index < -0.39 is 5.97 Å². The van der Waals surface area contributed by atoms with E-state index in [2.05, 4.69) is 23.1 Å². The van der Waals surface area contributed by atoms with Crippen LogP contribution in [-0.4, -0.2) is 17.6 Å². The van der Waals surface area contributed by atoms with Gasteiger partial charge in [0, 0.05) is 17.3 Å². The highest BCUT2D eigenvalue weighted by molar-refractivity contribution is 6.30. The summed E-state index contributed by atoms with van der Waals surface area (Å²) in [7, 11) is 0. The first-order chi connectivity index (χ1) is 11.1. The molecule has 1 fully saturated rings. The molecule has 2 aromatic rings. The van der Waals surface area contributed by atoms with Crippen molar-refractivity contribution in [2.45, 2.75) is 25.3 Å². The summed E-state index contributed by atoms with van der Waals surface area (Å²) in [5.74, 6) is -1.09. The highest BCUT2D eigenvalue weighted by atomic mass is 35.5. The van der Waals surface area contributed by atoms with Crippen LogP contribution in [0.2, 0.25) is 5.02 Å². The molecule has 4 heteroatoms. The maximum atomic E-state index is 11.9. The molecule has 0 aliphatic carbocycles. The van der Waals surface area contributed by atoms with Crippen LogP contribution >= 0.6 is 11.6 Å². The zero-order valence-electron chi connectivity index (χ0n) is 12.7. The van der Waals surface area contributed by atoms with Gasteiger partial charge >= 0.3 is 5.97 Å². The van der Waals surface area contributed by atoms with Crippen molar-refractivity contribution < 1.29 is 9.90 Å². The molecule has 118 valence electrons. The van der Waals surface area contributed by atoms with Crippen LogP contribution in [0.4, 0.5) is 5.69 Å². The minimum absolute atomic E-state index is 0.114. The van der Waals surface area contributed by atoms with Gasteiger partial charge in [0.2, 0.25) is 0 Å². The Morgan fingerprint density at radius 3 is 2.83 bits per heavy atom. The highest BCUT2D eigenvalue weighted by Crippen LogP contribution is 2.45. The van der Waals surface area contributed by atoms with Gasteiger partial charge in [-0.1, -0.05) is 41.9 Å². The number of anilines is 1. The molecule has 2 heterocycles. The molecule has 4 rings (SSSR count). The smallest absolute Gasteiger partial charge is 0.308 e. The van der Waals surface area contributed by atoms with E-state index in [1.54, 1.807) is 0 Å². The molecule has 0 saturated carbocycles. The Morgan fingerprint density at radius 1 is 1.17 bits per heavy atom. The number of rotatable bonds is 1. The van der Waals surface area contributed by atoms with Gasteiger partial charge in [0.1, 0.15) is 0 Å². The lowest BCUT2D eigenvalue weighted by Gasteiger charge is -2.41. The molecule has 0 spiro atoms. The van der Waals surface area contributed by atoms with Crippen LogP contribution in [-0.2, 0) is 11.2 Å². The quantitative estimate of drug-likeness (QED) is 0.849. The summed E-state index contributed by atoms with van der Waals surface area (Å²) >= 11 is 6.23. The molecule has 2 unspecified atom stereocenters. The molecule has 0 radical (unpaired) electrons. The van der Waals surface area contributed by atoms with Gasteiger partial charge in [-0.3, -0.25) is 4.79 Å². The second-order valence-electron chi connectivity index (χ2n) is 6.37. The summed E-state index contributed by atoms with van der Waals surface area (Å²) in [6, 6.07) is 14.1. The molecule has 0 amide bonds. The maximum Gasteiger partial charge on any atom is 0.308 e. The molecule has 2 aromatic carbocycles. The van der Waals surface area contributed by atoms with Crippen molar-refractivity contribution >= 4 is 23.3 Å². The molecule has 0 aromatic heterocycles. The minimum Gasteiger partial charge on any atom is -0.481 e. The topological polar surface area (TPSA) is 40.5 Å². The zero-order valence-corrected chi connectivity index (χ0v) is 13.5. The summed E-state index contributed by atoms with van der Waals surface area (Å²) < 4.78 is 0. The SMILES string of the molecule is O=C(O)C1CCCN2c3cc(Cl)ccc3Cc3ccccc3C12. The van der Waals surface area contributed by atoms with Crippen LogP contribution in [0.1, 0.15) is 35.6 Å². The Bertz CT molecular complexity index is 774. The van der Waals surface area contributed by atoms with Crippen LogP contribution in [0.25, 0.3) is 0 Å². The lowest BCUT2D eigenvalue weighted by Crippen LogP contribution is -2.42. The number of hydrogen-bond donors (Lipinski definition) is 1. The van der Waals surface area contributed by atoms with Crippen LogP contribution in [0, 0.1) is 5.92 Å². The van der Waals surface area contributed by atoms with Gasteiger partial charge in [0.25, 0.3) is 0 Å². The number of piperidine rings is 1. The van der Waals surface area contributed by atoms with Crippen LogP contribution in [0.3, 0.4) is 0 Å². The van der Waals surface area contributed by atoms with E-state index in [4.69, 9.17) is 11.6 Å². The zero-order chi connectivity index (χ0) is 16.0. The van der Waals surface area contributed by atoms with Gasteiger partial charge in [-0.15, -0.1) is 0 Å². The lowest BCUT2D eigenvalue weighted by molar-refractivity contribution is -0.143. The van der Waals surface area contributed by atoms with E-state index in [9.17, 15) is 9.90 Å². The number of carboxylic acid groups (broad SMARTS) is 1. The number of benzene rings is 2. The monoisotopic (exact) mass is 327 g/mol. The summed E-state index contributed by atoms with van der Waals surface area (Å²) in [6.07, 6.45) is 2.43. The van der Waals surface area contributed by atoms with Gasteiger partial charge in [0.05, 0.1) is 12.0 Å². The van der Waals surface area contributed by atoms with Crippen LogP contribution in [0.5, 0.6) is 0 Å². The summed E-state index contributed by atoms with van der Waals surface area (Å²) in [5.41, 5.74) is 4.67. The van der Waals surface area contributed by atoms with Crippen molar-refractivity contribution in [3.8, 4) is 0 Å². The molecule has 2 aliphatic rings. The van der Waals surface area contributed by atoms with Crippen molar-refractivity contribution in [2.24, 2.45) is 5.92 Å². The summed E-state index contributed by atoms with van der Waals surface area (Å²) in [6.45, 7) is 0.871. The Morgan fingerprint density at radius 2 is 2.00 bits per heavy atom. The van der Waals surface area contributed by atoms with Gasteiger partial charge in [-0.05, 0) is 48.1 Å². The fraction of sp³-hybridized carbons (Fsp3) is 0.316. The van der Waals surface area contributed by atoms with Crippen molar-refractivity contribution in [1.82, 2.24) is 0 Å². The number of halogens is 1. The molecule has 23 heavy (non-hydrogen) atoms. The second kappa shape index (κ2) is 5.57. The van der Waals surface area contributed by atoms with Crippen LogP contribution in [0.15, 0.2) is 42.5 Å². The second-order valence-corrected chi connectivity index (χ2v) is 6.81. The number of carbonyl (C=O) groups is 1. The molecule has 2 aliphatic heterocycles. The van der Waals surface area contributed by atoms with Crippen molar-refractivity contribution in [2.75, 3.05) is 11.4 Å². The van der Waals surface area contributed by atoms with Gasteiger partial charge in [-0.25, -0.2) is 0 Å². The number of aliphatic carboxylic acids is 1. The fourth-order valence-electron chi connectivity index (χ4n) is 4.05. The predicted molar refractivity (Wildman–Crippen MR) is 91.1 cm³/mol. The third kappa shape index (κ3) is 2.40. The normalized spacial score (nSPS) is 22.6. The van der Waals surface area contributed by atoms with Crippen LogP contribution < -0.4 is 4.90 Å². The van der Waals surface area contributed by atoms with Gasteiger partial charge in [0.15, 0.2) is 0 Å². The first-order valence-corrected chi connectivity index (χ1v) is 8.38. The third-order valence-corrected chi connectivity index (χ3v) is 5.29. The number of nitrogens with zero attached hydrogens (tertiary/aromatic N) is 1. The molecule has 1 saturated heterocycles. The average molecular weight is 328 g/mol. The molecule has 0 bridgehead atoms. The number of carboxylic acids is 1. The Kier molecular flexibility index (Phi) is 3.53. The molecule has 3 nitrogen and oxygen atoms in total. The van der Waals surface area contributed by atoms with Gasteiger partial charge < -0.3 is 10.0 Å². The molecule has 1 N–H and O–H groups in total. The molecular formula is C19H18ClNO2. The van der Waals surface area contributed by atoms with E-state index in [1.807, 2.05) is 24.3 Å². The fourth-order valence-corrected chi connectivity index (χ4v) is 4.22. The molecule has 2 atom stereocenters. The van der Waals surface area contributed by atoms with E-state index >= 15 is 0 Å². The van der Waals surface area contributed by atoms with E-state index in [0.29, 0.717) is 5.02 Å². The standard InChI is InChI=1S/C19H18ClNO2/c20-14-8-7-13-10-12-4-1-2-5-15(12)18-16(19(22)23)6-3-9-21(18)17(13)11-14/h1-2,4-5,7-8,11,16,18H,3,6,9-10H2,(H,22,23). The summed E-state index contributed by atoms with van der Waals surface area (Å²) in [5, 5.41) is 10.4. The van der Waals surface area contributed by atoms with Crippen molar-refractivity contribution in [3.63, 3.8) is 0 Å². The lowest BCUT2D eigenvalue weighted by atomic mass is 9.83. The average Bonchev–Trinajstić information content (AvgIpc) is 2.69. The predicted octanol–water partition coefficient (Wildman–Crippen LogP) is 4.29. The first-order valence-electron chi connectivity index (χ1n) is 8.01. The maximum absolute atomic E-state index is 11.9. The Labute approximate surface area is 140 Å². The minimum atomic E-state index is -0.708. The van der Waals surface area contributed by atoms with E-state index in [1.165, 1.54) is 11.1 Å². The Balaban J connectivity index is 1.95. The van der Waals surface area contributed by atoms with E-state index in [0.717, 1.165) is 37.1 Å². The van der Waals surface area contributed by atoms with Crippen molar-refractivity contribution in [3.05, 3.63) is 64.2 Å². The Hall–Kier alpha value is -2.00. The van der Waals surface area contributed by atoms with E-state index in [-0.39, 0.29) is 12.0 Å². The largest absolute Gasteiger partial charge is 0.481 e. The van der Waals surface area contributed by atoms with Gasteiger partial charge in [-0.2, -0.15) is 0 Å². The van der Waals surface area contributed by atoms with Crippen molar-refractivity contribution in [1.29, 1.82) is 0 Å². The number of fused-ring (bicyclic) bond motifs is 5.